The normalized spacial score (nSPS) is 14.6. The highest BCUT2D eigenvalue weighted by Crippen LogP contribution is 2.29. The van der Waals surface area contributed by atoms with Gasteiger partial charge in [0.1, 0.15) is 5.67 Å². The fourth-order valence-corrected chi connectivity index (χ4v) is 3.22. The molecule has 0 unspecified atom stereocenters. The zero-order valence-electron chi connectivity index (χ0n) is 15.8. The van der Waals surface area contributed by atoms with Crippen LogP contribution < -0.4 is 5.32 Å². The fourth-order valence-electron chi connectivity index (χ4n) is 3.22. The summed E-state index contributed by atoms with van der Waals surface area (Å²) in [5, 5.41) is 7.71. The molecule has 27 heavy (non-hydrogen) atoms. The Morgan fingerprint density at radius 3 is 2.93 bits per heavy atom. The Bertz CT molecular complexity index is 1010. The van der Waals surface area contributed by atoms with Crippen LogP contribution in [0.4, 0.5) is 10.3 Å². The highest BCUT2D eigenvalue weighted by atomic mass is 19.1. The van der Waals surface area contributed by atoms with Crippen LogP contribution in [0, 0.1) is 6.92 Å². The van der Waals surface area contributed by atoms with Crippen molar-refractivity contribution in [1.29, 1.82) is 0 Å². The Morgan fingerprint density at radius 2 is 2.11 bits per heavy atom. The molecule has 0 bridgehead atoms. The molecule has 3 aromatic heterocycles. The summed E-state index contributed by atoms with van der Waals surface area (Å²) >= 11 is 0. The lowest BCUT2D eigenvalue weighted by molar-refractivity contribution is 0.234. The monoisotopic (exact) mass is 366 g/mol. The molecule has 4 rings (SSSR count). The largest absolute Gasteiger partial charge is 0.351 e. The van der Waals surface area contributed by atoms with Gasteiger partial charge in [-0.2, -0.15) is 5.10 Å². The van der Waals surface area contributed by atoms with E-state index in [0.29, 0.717) is 5.95 Å². The van der Waals surface area contributed by atoms with Crippen molar-refractivity contribution in [2.45, 2.75) is 45.7 Å². The standard InChI is InChI=1S/C20H23FN6/c1-13-11-27-18(24-13)9-8-17(26-27)14-6-4-5-7-16-15(14)10-22-19(25-16)23-12-20(2,3)21/h6,8-11H,4-5,7,12H2,1-3H3,(H,22,23,25). The number of nitrogens with one attached hydrogen (secondary N) is 1. The van der Waals surface area contributed by atoms with Crippen molar-refractivity contribution in [3.8, 4) is 0 Å². The van der Waals surface area contributed by atoms with E-state index in [1.54, 1.807) is 4.52 Å². The summed E-state index contributed by atoms with van der Waals surface area (Å²) in [5.74, 6) is 0.467. The zero-order chi connectivity index (χ0) is 19.0. The van der Waals surface area contributed by atoms with Crippen molar-refractivity contribution in [3.05, 3.63) is 53.2 Å². The minimum atomic E-state index is -1.32. The predicted octanol–water partition coefficient (Wildman–Crippen LogP) is 3.76. The molecule has 0 saturated carbocycles. The van der Waals surface area contributed by atoms with E-state index < -0.39 is 5.67 Å². The van der Waals surface area contributed by atoms with Crippen LogP contribution in [0.5, 0.6) is 0 Å². The quantitative estimate of drug-likeness (QED) is 0.761. The van der Waals surface area contributed by atoms with E-state index in [4.69, 9.17) is 5.10 Å². The molecule has 1 aliphatic carbocycles. The highest BCUT2D eigenvalue weighted by Gasteiger charge is 2.19. The van der Waals surface area contributed by atoms with Crippen LogP contribution in [-0.2, 0) is 6.42 Å². The molecule has 6 nitrogen and oxygen atoms in total. The topological polar surface area (TPSA) is 68.0 Å². The molecular weight excluding hydrogens is 343 g/mol. The molecular formula is C20H23FN6. The molecule has 0 aliphatic heterocycles. The van der Waals surface area contributed by atoms with E-state index in [0.717, 1.165) is 53.1 Å². The second kappa shape index (κ2) is 6.72. The van der Waals surface area contributed by atoms with E-state index in [1.807, 2.05) is 31.5 Å². The Morgan fingerprint density at radius 1 is 1.26 bits per heavy atom. The van der Waals surface area contributed by atoms with Gasteiger partial charge in [0.15, 0.2) is 5.65 Å². The first-order valence-electron chi connectivity index (χ1n) is 9.22. The fraction of sp³-hybridized carbons (Fsp3) is 0.400. The maximum atomic E-state index is 13.7. The molecule has 0 saturated heterocycles. The third-order valence-corrected chi connectivity index (χ3v) is 4.51. The predicted molar refractivity (Wildman–Crippen MR) is 103 cm³/mol. The van der Waals surface area contributed by atoms with Crippen LogP contribution in [0.1, 0.15) is 49.3 Å². The van der Waals surface area contributed by atoms with Gasteiger partial charge in [0.25, 0.3) is 0 Å². The number of aryl methyl sites for hydroxylation is 2. The van der Waals surface area contributed by atoms with Gasteiger partial charge in [-0.3, -0.25) is 0 Å². The van der Waals surface area contributed by atoms with Gasteiger partial charge in [0, 0.05) is 17.3 Å². The molecule has 1 N–H and O–H groups in total. The van der Waals surface area contributed by atoms with Crippen molar-refractivity contribution in [2.24, 2.45) is 0 Å². The Balaban J connectivity index is 1.69. The van der Waals surface area contributed by atoms with Crippen LogP contribution in [0.15, 0.2) is 30.6 Å². The van der Waals surface area contributed by atoms with Crippen molar-refractivity contribution in [3.63, 3.8) is 0 Å². The second-order valence-corrected chi connectivity index (χ2v) is 7.54. The molecule has 0 radical (unpaired) electrons. The van der Waals surface area contributed by atoms with Gasteiger partial charge in [-0.05, 0) is 52.2 Å². The lowest BCUT2D eigenvalue weighted by Crippen LogP contribution is -2.25. The van der Waals surface area contributed by atoms with Gasteiger partial charge >= 0.3 is 0 Å². The summed E-state index contributed by atoms with van der Waals surface area (Å²) in [6.07, 6.45) is 8.75. The van der Waals surface area contributed by atoms with Crippen molar-refractivity contribution >= 4 is 17.2 Å². The number of anilines is 1. The average molecular weight is 366 g/mol. The molecule has 0 amide bonds. The molecule has 140 valence electrons. The summed E-state index contributed by atoms with van der Waals surface area (Å²) in [7, 11) is 0. The van der Waals surface area contributed by atoms with Crippen LogP contribution in [0.2, 0.25) is 0 Å². The van der Waals surface area contributed by atoms with Crippen LogP contribution in [0.3, 0.4) is 0 Å². The van der Waals surface area contributed by atoms with Gasteiger partial charge < -0.3 is 5.32 Å². The summed E-state index contributed by atoms with van der Waals surface area (Å²) in [5.41, 5.74) is 4.31. The smallest absolute Gasteiger partial charge is 0.222 e. The average Bonchev–Trinajstić information content (AvgIpc) is 2.86. The first kappa shape index (κ1) is 17.6. The lowest BCUT2D eigenvalue weighted by Gasteiger charge is -2.16. The molecule has 0 aromatic carbocycles. The van der Waals surface area contributed by atoms with E-state index in [2.05, 4.69) is 26.3 Å². The maximum Gasteiger partial charge on any atom is 0.222 e. The molecule has 3 aromatic rings. The summed E-state index contributed by atoms with van der Waals surface area (Å²) in [4.78, 5) is 13.5. The molecule has 7 heteroatoms. The second-order valence-electron chi connectivity index (χ2n) is 7.54. The van der Waals surface area contributed by atoms with Crippen molar-refractivity contribution < 1.29 is 4.39 Å². The minimum Gasteiger partial charge on any atom is -0.351 e. The Labute approximate surface area is 157 Å². The van der Waals surface area contributed by atoms with Gasteiger partial charge in [0.2, 0.25) is 5.95 Å². The van der Waals surface area contributed by atoms with Crippen LogP contribution in [0.25, 0.3) is 11.2 Å². The minimum absolute atomic E-state index is 0.173. The maximum absolute atomic E-state index is 13.7. The molecule has 3 heterocycles. The molecule has 0 spiro atoms. The van der Waals surface area contributed by atoms with Gasteiger partial charge in [0.05, 0.1) is 29.8 Å². The number of fused-ring (bicyclic) bond motifs is 2. The number of halogens is 1. The number of alkyl halides is 1. The summed E-state index contributed by atoms with van der Waals surface area (Å²) < 4.78 is 15.6. The number of aromatic nitrogens is 5. The Kier molecular flexibility index (Phi) is 4.37. The van der Waals surface area contributed by atoms with E-state index >= 15 is 0 Å². The Hall–Kier alpha value is -2.83. The molecule has 0 fully saturated rings. The van der Waals surface area contributed by atoms with E-state index in [1.165, 1.54) is 13.8 Å². The zero-order valence-corrected chi connectivity index (χ0v) is 15.8. The first-order valence-corrected chi connectivity index (χ1v) is 9.22. The first-order chi connectivity index (χ1) is 12.9. The van der Waals surface area contributed by atoms with E-state index in [9.17, 15) is 4.39 Å². The number of imidazole rings is 1. The van der Waals surface area contributed by atoms with Crippen LogP contribution in [-0.4, -0.2) is 36.8 Å². The number of allylic oxidation sites excluding steroid dienone is 1. The van der Waals surface area contributed by atoms with Crippen LogP contribution >= 0.6 is 0 Å². The highest BCUT2D eigenvalue weighted by molar-refractivity contribution is 5.79. The molecule has 0 atom stereocenters. The SMILES string of the molecule is Cc1cn2nc(C3=CCCCc4nc(NCC(C)(C)F)ncc43)ccc2n1. The third kappa shape index (κ3) is 3.82. The van der Waals surface area contributed by atoms with Gasteiger partial charge in [-0.25, -0.2) is 23.9 Å². The van der Waals surface area contributed by atoms with Gasteiger partial charge in [-0.15, -0.1) is 0 Å². The summed E-state index contributed by atoms with van der Waals surface area (Å²) in [6.45, 7) is 5.19. The number of hydrogen-bond donors (Lipinski definition) is 1. The van der Waals surface area contributed by atoms with E-state index in [-0.39, 0.29) is 6.54 Å². The number of rotatable bonds is 4. The van der Waals surface area contributed by atoms with Crippen molar-refractivity contribution in [2.75, 3.05) is 11.9 Å². The lowest BCUT2D eigenvalue weighted by atomic mass is 10.0. The summed E-state index contributed by atoms with van der Waals surface area (Å²) in [6, 6.07) is 3.96. The number of hydrogen-bond acceptors (Lipinski definition) is 5. The van der Waals surface area contributed by atoms with Gasteiger partial charge in [-0.1, -0.05) is 6.08 Å². The number of nitrogens with zero attached hydrogens (tertiary/aromatic N) is 5. The molecule has 1 aliphatic rings. The van der Waals surface area contributed by atoms with Crippen molar-refractivity contribution in [1.82, 2.24) is 24.6 Å². The third-order valence-electron chi connectivity index (χ3n) is 4.51.